The number of hydrogen-bond acceptors (Lipinski definition) is 5. The van der Waals surface area contributed by atoms with Crippen molar-refractivity contribution in [2.75, 3.05) is 17.5 Å². The quantitative estimate of drug-likeness (QED) is 0.267. The predicted molar refractivity (Wildman–Crippen MR) is 162 cm³/mol. The second-order valence-corrected chi connectivity index (χ2v) is 12.0. The summed E-state index contributed by atoms with van der Waals surface area (Å²) < 4.78 is 48.1. The topological polar surface area (TPSA) is 96.0 Å². The fraction of sp³-hybridized carbons (Fsp3) is 0.375. The van der Waals surface area contributed by atoms with Crippen LogP contribution in [-0.4, -0.2) is 50.4 Å². The van der Waals surface area contributed by atoms with Gasteiger partial charge in [-0.2, -0.15) is 0 Å². The van der Waals surface area contributed by atoms with Gasteiger partial charge in [-0.1, -0.05) is 43.7 Å². The maximum Gasteiger partial charge on any atom is 0.264 e. The van der Waals surface area contributed by atoms with Gasteiger partial charge in [0.1, 0.15) is 24.2 Å². The molecule has 0 saturated heterocycles. The normalized spacial score (nSPS) is 12.7. The van der Waals surface area contributed by atoms with Gasteiger partial charge in [0.15, 0.2) is 0 Å². The summed E-state index contributed by atoms with van der Waals surface area (Å²) in [6.45, 7) is 9.21. The lowest BCUT2D eigenvalue weighted by Crippen LogP contribution is -2.53. The number of nitrogens with one attached hydrogen (secondary N) is 1. The molecule has 3 aromatic carbocycles. The molecule has 0 aliphatic carbocycles. The molecule has 0 saturated carbocycles. The number of amides is 2. The summed E-state index contributed by atoms with van der Waals surface area (Å²) >= 11 is 0. The van der Waals surface area contributed by atoms with Crippen molar-refractivity contribution in [2.24, 2.45) is 0 Å². The van der Waals surface area contributed by atoms with Crippen molar-refractivity contribution in [3.63, 3.8) is 0 Å². The van der Waals surface area contributed by atoms with Crippen LogP contribution in [-0.2, 0) is 26.2 Å². The fourth-order valence-corrected chi connectivity index (χ4v) is 5.80. The minimum atomic E-state index is -4.20. The highest BCUT2D eigenvalue weighted by atomic mass is 32.2. The van der Waals surface area contributed by atoms with Crippen LogP contribution in [0, 0.1) is 12.7 Å². The van der Waals surface area contributed by atoms with Crippen LogP contribution >= 0.6 is 0 Å². The first-order valence-corrected chi connectivity index (χ1v) is 15.6. The van der Waals surface area contributed by atoms with Crippen LogP contribution in [0.2, 0.25) is 0 Å². The van der Waals surface area contributed by atoms with Crippen molar-refractivity contribution in [2.45, 2.75) is 71.0 Å². The molecule has 0 bridgehead atoms. The summed E-state index contributed by atoms with van der Waals surface area (Å²) in [5.41, 5.74) is 1.84. The molecule has 0 radical (unpaired) electrons. The Morgan fingerprint density at radius 2 is 1.52 bits per heavy atom. The minimum Gasteiger partial charge on any atom is -0.494 e. The fourth-order valence-electron chi connectivity index (χ4n) is 4.39. The zero-order valence-electron chi connectivity index (χ0n) is 24.8. The molecule has 0 heterocycles. The molecule has 0 aliphatic heterocycles. The second-order valence-electron chi connectivity index (χ2n) is 10.1. The van der Waals surface area contributed by atoms with Gasteiger partial charge < -0.3 is 15.0 Å². The molecule has 0 aliphatic rings. The smallest absolute Gasteiger partial charge is 0.264 e. The van der Waals surface area contributed by atoms with E-state index in [1.807, 2.05) is 27.7 Å². The molecule has 3 rings (SSSR count). The van der Waals surface area contributed by atoms with Gasteiger partial charge in [-0.25, -0.2) is 12.8 Å². The third-order valence-electron chi connectivity index (χ3n) is 6.98. The van der Waals surface area contributed by atoms with Crippen molar-refractivity contribution >= 4 is 27.5 Å². The Labute approximate surface area is 248 Å². The molecule has 10 heteroatoms. The highest BCUT2D eigenvalue weighted by Gasteiger charge is 2.34. The average molecular weight is 598 g/mol. The van der Waals surface area contributed by atoms with Crippen LogP contribution in [0.25, 0.3) is 0 Å². The maximum atomic E-state index is 14.1. The monoisotopic (exact) mass is 597 g/mol. The molecule has 8 nitrogen and oxygen atoms in total. The molecular weight excluding hydrogens is 557 g/mol. The van der Waals surface area contributed by atoms with Gasteiger partial charge >= 0.3 is 0 Å². The second kappa shape index (κ2) is 14.8. The number of benzene rings is 3. The number of rotatable bonds is 14. The van der Waals surface area contributed by atoms with Crippen molar-refractivity contribution in [1.82, 2.24) is 10.2 Å². The van der Waals surface area contributed by atoms with Crippen molar-refractivity contribution in [1.29, 1.82) is 0 Å². The van der Waals surface area contributed by atoms with Gasteiger partial charge in [0.05, 0.1) is 17.2 Å². The first kappa shape index (κ1) is 32.6. The van der Waals surface area contributed by atoms with E-state index in [-0.39, 0.29) is 23.4 Å². The van der Waals surface area contributed by atoms with Crippen molar-refractivity contribution < 1.29 is 27.1 Å². The predicted octanol–water partition coefficient (Wildman–Crippen LogP) is 5.45. The summed E-state index contributed by atoms with van der Waals surface area (Å²) in [6, 6.07) is 17.5. The number of hydrogen-bond donors (Lipinski definition) is 1. The third kappa shape index (κ3) is 8.31. The molecule has 1 N–H and O–H groups in total. The van der Waals surface area contributed by atoms with E-state index in [9.17, 15) is 22.4 Å². The highest BCUT2D eigenvalue weighted by molar-refractivity contribution is 7.92. The van der Waals surface area contributed by atoms with Gasteiger partial charge in [-0.3, -0.25) is 13.9 Å². The van der Waals surface area contributed by atoms with Gasteiger partial charge in [0, 0.05) is 12.6 Å². The SMILES string of the molecule is CCOc1ccc(S(=O)(=O)N(CC(=O)N(Cc2ccc(F)cc2)C(CC)C(=O)NC(C)CC)c2ccc(C)cc2)cc1. The van der Waals surface area contributed by atoms with Gasteiger partial charge in [-0.15, -0.1) is 0 Å². The van der Waals surface area contributed by atoms with Crippen LogP contribution in [0.15, 0.2) is 77.7 Å². The lowest BCUT2D eigenvalue weighted by molar-refractivity contribution is -0.140. The Morgan fingerprint density at radius 3 is 2.07 bits per heavy atom. The molecule has 0 spiro atoms. The van der Waals surface area contributed by atoms with E-state index in [0.29, 0.717) is 36.4 Å². The summed E-state index contributed by atoms with van der Waals surface area (Å²) in [6.07, 6.45) is 1.00. The standard InChI is InChI=1S/C32H40FN3O5S/c1-6-24(5)34-32(38)30(7-2)35(21-25-11-13-26(33)14-12-25)31(37)22-36(27-15-9-23(4)10-16-27)42(39,40)29-19-17-28(18-20-29)41-8-3/h9-20,24,30H,6-8,21-22H2,1-5H3,(H,34,38). The molecule has 2 amide bonds. The van der Waals surface area contributed by atoms with Crippen LogP contribution in [0.1, 0.15) is 51.7 Å². The number of sulfonamides is 1. The van der Waals surface area contributed by atoms with E-state index >= 15 is 0 Å². The summed E-state index contributed by atoms with van der Waals surface area (Å²) in [4.78, 5) is 28.8. The minimum absolute atomic E-state index is 0.00359. The molecule has 226 valence electrons. The van der Waals surface area contributed by atoms with Crippen molar-refractivity contribution in [3.8, 4) is 5.75 Å². The molecular formula is C32H40FN3O5S. The third-order valence-corrected chi connectivity index (χ3v) is 8.76. The lowest BCUT2D eigenvalue weighted by Gasteiger charge is -2.33. The van der Waals surface area contributed by atoms with E-state index in [1.54, 1.807) is 55.5 Å². The number of ether oxygens (including phenoxy) is 1. The Morgan fingerprint density at radius 1 is 0.905 bits per heavy atom. The zero-order chi connectivity index (χ0) is 30.9. The maximum absolute atomic E-state index is 14.1. The number of nitrogens with zero attached hydrogens (tertiary/aromatic N) is 2. The molecule has 2 atom stereocenters. The van der Waals surface area contributed by atoms with Gasteiger partial charge in [0.25, 0.3) is 10.0 Å². The Hall–Kier alpha value is -3.92. The number of carbonyl (C=O) groups excluding carboxylic acids is 2. The van der Waals surface area contributed by atoms with E-state index in [2.05, 4.69) is 5.32 Å². The van der Waals surface area contributed by atoms with Crippen LogP contribution < -0.4 is 14.4 Å². The number of halogens is 1. The summed E-state index contributed by atoms with van der Waals surface area (Å²) in [5.74, 6) is -0.803. The average Bonchev–Trinajstić information content (AvgIpc) is 2.97. The first-order chi connectivity index (χ1) is 20.0. The van der Waals surface area contributed by atoms with E-state index in [0.717, 1.165) is 9.87 Å². The van der Waals surface area contributed by atoms with Crippen LogP contribution in [0.5, 0.6) is 5.75 Å². The number of carbonyl (C=O) groups is 2. The molecule has 2 unspecified atom stereocenters. The number of anilines is 1. The van der Waals surface area contributed by atoms with Crippen LogP contribution in [0.3, 0.4) is 0 Å². The first-order valence-electron chi connectivity index (χ1n) is 14.2. The zero-order valence-corrected chi connectivity index (χ0v) is 25.7. The van der Waals surface area contributed by atoms with E-state index in [1.165, 1.54) is 29.2 Å². The summed E-state index contributed by atoms with van der Waals surface area (Å²) in [7, 11) is -4.20. The lowest BCUT2D eigenvalue weighted by atomic mass is 10.1. The van der Waals surface area contributed by atoms with E-state index in [4.69, 9.17) is 4.74 Å². The Balaban J connectivity index is 2.04. The molecule has 0 fully saturated rings. The van der Waals surface area contributed by atoms with Crippen LogP contribution in [0.4, 0.5) is 10.1 Å². The van der Waals surface area contributed by atoms with Crippen molar-refractivity contribution in [3.05, 3.63) is 89.7 Å². The number of aryl methyl sites for hydroxylation is 1. The Bertz CT molecular complexity index is 1430. The Kier molecular flexibility index (Phi) is 11.5. The summed E-state index contributed by atoms with van der Waals surface area (Å²) in [5, 5.41) is 2.94. The largest absolute Gasteiger partial charge is 0.494 e. The van der Waals surface area contributed by atoms with Gasteiger partial charge in [0.2, 0.25) is 11.8 Å². The van der Waals surface area contributed by atoms with E-state index < -0.39 is 34.3 Å². The molecule has 0 aromatic heterocycles. The molecule has 3 aromatic rings. The van der Waals surface area contributed by atoms with Gasteiger partial charge in [-0.05, 0) is 87.7 Å². The highest BCUT2D eigenvalue weighted by Crippen LogP contribution is 2.26. The molecule has 42 heavy (non-hydrogen) atoms.